The Bertz CT molecular complexity index is 1530. The molecule has 8 heteroatoms. The number of anilines is 1. The molecule has 0 atom stereocenters. The molecule has 0 heterocycles. The van der Waals surface area contributed by atoms with Crippen LogP contribution in [0.2, 0.25) is 5.02 Å². The van der Waals surface area contributed by atoms with Gasteiger partial charge in [-0.25, -0.2) is 4.39 Å². The molecule has 4 rings (SSSR count). The Balaban J connectivity index is 1.71. The molecule has 0 fully saturated rings. The molecule has 0 spiro atoms. The molecular weight excluding hydrogens is 495 g/mol. The second-order valence-corrected chi connectivity index (χ2v) is 8.33. The standard InChI is InChI=1S/C29H22ClFN2O4/c1-35-27-15-25(28(36-2)14-24(27)30)33-29(34)20(16-32)13-23-22-6-4-3-5-19(22)9-12-26(23)37-17-18-7-10-21(31)11-8-18/h3-15H,17H2,1-2H3,(H,33,34)/b20-13+. The van der Waals surface area contributed by atoms with E-state index in [-0.39, 0.29) is 18.0 Å². The number of nitrogens with one attached hydrogen (secondary N) is 1. The van der Waals surface area contributed by atoms with Gasteiger partial charge in [0.1, 0.15) is 41.3 Å². The summed E-state index contributed by atoms with van der Waals surface area (Å²) < 4.78 is 29.9. The van der Waals surface area contributed by atoms with E-state index in [2.05, 4.69) is 5.32 Å². The number of nitrogens with zero attached hydrogens (tertiary/aromatic N) is 1. The number of methoxy groups -OCH3 is 2. The van der Waals surface area contributed by atoms with Gasteiger partial charge in [-0.05, 0) is 40.6 Å². The van der Waals surface area contributed by atoms with E-state index in [0.29, 0.717) is 33.5 Å². The first-order valence-electron chi connectivity index (χ1n) is 11.2. The van der Waals surface area contributed by atoms with E-state index < -0.39 is 5.91 Å². The van der Waals surface area contributed by atoms with Crippen LogP contribution in [0.1, 0.15) is 11.1 Å². The summed E-state index contributed by atoms with van der Waals surface area (Å²) in [5.74, 6) is 0.130. The van der Waals surface area contributed by atoms with E-state index in [4.69, 9.17) is 25.8 Å². The van der Waals surface area contributed by atoms with Crippen LogP contribution in [-0.4, -0.2) is 20.1 Å². The summed E-state index contributed by atoms with van der Waals surface area (Å²) >= 11 is 6.15. The number of carbonyl (C=O) groups is 1. The minimum absolute atomic E-state index is 0.154. The van der Waals surface area contributed by atoms with Crippen LogP contribution < -0.4 is 19.5 Å². The number of halogens is 2. The second kappa shape index (κ2) is 11.5. The van der Waals surface area contributed by atoms with Gasteiger partial charge in [0, 0.05) is 17.7 Å². The number of amides is 1. The van der Waals surface area contributed by atoms with Crippen LogP contribution in [0.25, 0.3) is 16.8 Å². The number of fused-ring (bicyclic) bond motifs is 1. The minimum Gasteiger partial charge on any atom is -0.495 e. The Morgan fingerprint density at radius 1 is 1.00 bits per heavy atom. The topological polar surface area (TPSA) is 80.6 Å². The molecule has 186 valence electrons. The van der Waals surface area contributed by atoms with E-state index in [9.17, 15) is 14.4 Å². The molecule has 37 heavy (non-hydrogen) atoms. The van der Waals surface area contributed by atoms with Crippen LogP contribution in [0.4, 0.5) is 10.1 Å². The summed E-state index contributed by atoms with van der Waals surface area (Å²) in [5.41, 5.74) is 1.47. The number of hydrogen-bond acceptors (Lipinski definition) is 5. The van der Waals surface area contributed by atoms with E-state index in [1.165, 1.54) is 44.6 Å². The summed E-state index contributed by atoms with van der Waals surface area (Å²) in [6, 6.07) is 22.2. The molecule has 4 aromatic rings. The van der Waals surface area contributed by atoms with Crippen LogP contribution in [-0.2, 0) is 11.4 Å². The third kappa shape index (κ3) is 5.83. The first-order valence-corrected chi connectivity index (χ1v) is 11.5. The van der Waals surface area contributed by atoms with Crippen molar-refractivity contribution in [1.82, 2.24) is 0 Å². The zero-order valence-electron chi connectivity index (χ0n) is 20.0. The summed E-state index contributed by atoms with van der Waals surface area (Å²) in [6.07, 6.45) is 1.48. The number of rotatable bonds is 8. The lowest BCUT2D eigenvalue weighted by Gasteiger charge is -2.14. The van der Waals surface area contributed by atoms with Gasteiger partial charge in [-0.1, -0.05) is 54.1 Å². The van der Waals surface area contributed by atoms with Gasteiger partial charge in [0.25, 0.3) is 5.91 Å². The zero-order valence-corrected chi connectivity index (χ0v) is 20.8. The number of nitriles is 1. The highest BCUT2D eigenvalue weighted by Crippen LogP contribution is 2.36. The summed E-state index contributed by atoms with van der Waals surface area (Å²) in [6.45, 7) is 0.176. The molecule has 0 unspecified atom stereocenters. The van der Waals surface area contributed by atoms with Crippen LogP contribution >= 0.6 is 11.6 Å². The van der Waals surface area contributed by atoms with Crippen molar-refractivity contribution in [2.75, 3.05) is 19.5 Å². The van der Waals surface area contributed by atoms with E-state index in [0.717, 1.165) is 16.3 Å². The average Bonchev–Trinajstić information content (AvgIpc) is 2.92. The molecule has 1 amide bonds. The first-order chi connectivity index (χ1) is 17.9. The zero-order chi connectivity index (χ0) is 26.4. The van der Waals surface area contributed by atoms with Crippen molar-refractivity contribution < 1.29 is 23.4 Å². The maximum Gasteiger partial charge on any atom is 0.266 e. The molecule has 0 aliphatic heterocycles. The van der Waals surface area contributed by atoms with Crippen molar-refractivity contribution in [2.24, 2.45) is 0 Å². The predicted molar refractivity (Wildman–Crippen MR) is 141 cm³/mol. The molecule has 0 bridgehead atoms. The van der Waals surface area contributed by atoms with Crippen molar-refractivity contribution in [3.63, 3.8) is 0 Å². The van der Waals surface area contributed by atoms with Crippen LogP contribution in [0.15, 0.2) is 78.4 Å². The van der Waals surface area contributed by atoms with Crippen molar-refractivity contribution in [3.8, 4) is 23.3 Å². The summed E-state index contributed by atoms with van der Waals surface area (Å²) in [7, 11) is 2.89. The lowest BCUT2D eigenvalue weighted by molar-refractivity contribution is -0.112. The number of benzene rings is 4. The molecule has 0 aliphatic carbocycles. The number of hydrogen-bond donors (Lipinski definition) is 1. The third-order valence-corrected chi connectivity index (χ3v) is 5.91. The molecule has 0 aliphatic rings. The van der Waals surface area contributed by atoms with Gasteiger partial charge in [-0.3, -0.25) is 4.79 Å². The Kier molecular flexibility index (Phi) is 7.92. The van der Waals surface area contributed by atoms with Crippen molar-refractivity contribution in [1.29, 1.82) is 5.26 Å². The van der Waals surface area contributed by atoms with E-state index in [1.807, 2.05) is 36.4 Å². The summed E-state index contributed by atoms with van der Waals surface area (Å²) in [5, 5.41) is 14.6. The molecule has 0 aromatic heterocycles. The van der Waals surface area contributed by atoms with Crippen LogP contribution in [0.3, 0.4) is 0 Å². The van der Waals surface area contributed by atoms with Crippen molar-refractivity contribution in [3.05, 3.63) is 100 Å². The summed E-state index contributed by atoms with van der Waals surface area (Å²) in [4.78, 5) is 13.2. The van der Waals surface area contributed by atoms with Gasteiger partial charge in [0.2, 0.25) is 0 Å². The lowest BCUT2D eigenvalue weighted by Crippen LogP contribution is -2.14. The van der Waals surface area contributed by atoms with E-state index >= 15 is 0 Å². The molecule has 1 N–H and O–H groups in total. The maximum atomic E-state index is 13.3. The average molecular weight is 517 g/mol. The molecule has 0 radical (unpaired) electrons. The highest BCUT2D eigenvalue weighted by Gasteiger charge is 2.17. The highest BCUT2D eigenvalue weighted by molar-refractivity contribution is 6.32. The van der Waals surface area contributed by atoms with E-state index in [1.54, 1.807) is 18.2 Å². The number of ether oxygens (including phenoxy) is 3. The second-order valence-electron chi connectivity index (χ2n) is 7.92. The van der Waals surface area contributed by atoms with Gasteiger partial charge in [0.05, 0.1) is 24.9 Å². The Morgan fingerprint density at radius 2 is 1.73 bits per heavy atom. The fraction of sp³-hybridized carbons (Fsp3) is 0.103. The van der Waals surface area contributed by atoms with Gasteiger partial charge in [-0.15, -0.1) is 0 Å². The minimum atomic E-state index is -0.650. The smallest absolute Gasteiger partial charge is 0.266 e. The Morgan fingerprint density at radius 3 is 2.43 bits per heavy atom. The fourth-order valence-electron chi connectivity index (χ4n) is 3.73. The lowest BCUT2D eigenvalue weighted by atomic mass is 10.0. The quantitative estimate of drug-likeness (QED) is 0.206. The molecule has 0 saturated heterocycles. The van der Waals surface area contributed by atoms with Crippen LogP contribution in [0.5, 0.6) is 17.2 Å². The fourth-order valence-corrected chi connectivity index (χ4v) is 3.96. The monoisotopic (exact) mass is 516 g/mol. The largest absolute Gasteiger partial charge is 0.495 e. The molecule has 4 aromatic carbocycles. The normalized spacial score (nSPS) is 11.1. The molecule has 0 saturated carbocycles. The maximum absolute atomic E-state index is 13.3. The van der Waals surface area contributed by atoms with Gasteiger partial charge >= 0.3 is 0 Å². The van der Waals surface area contributed by atoms with Gasteiger partial charge in [-0.2, -0.15) is 5.26 Å². The van der Waals surface area contributed by atoms with Gasteiger partial charge < -0.3 is 19.5 Å². The molecule has 6 nitrogen and oxygen atoms in total. The number of carbonyl (C=O) groups excluding carboxylic acids is 1. The van der Waals surface area contributed by atoms with Crippen molar-refractivity contribution in [2.45, 2.75) is 6.61 Å². The van der Waals surface area contributed by atoms with Gasteiger partial charge in [0.15, 0.2) is 0 Å². The molecular formula is C29H22ClFN2O4. The first kappa shape index (κ1) is 25.5. The Labute approximate surface area is 218 Å². The SMILES string of the molecule is COc1cc(NC(=O)/C(C#N)=C/c2c(OCc3ccc(F)cc3)ccc3ccccc23)c(OC)cc1Cl. The third-order valence-electron chi connectivity index (χ3n) is 5.61. The van der Waals surface area contributed by atoms with Crippen molar-refractivity contribution >= 4 is 40.0 Å². The predicted octanol–water partition coefficient (Wildman–Crippen LogP) is 6.77. The van der Waals surface area contributed by atoms with Crippen LogP contribution in [0, 0.1) is 17.1 Å². The highest BCUT2D eigenvalue weighted by atomic mass is 35.5. The Hall–Kier alpha value is -4.54.